The van der Waals surface area contributed by atoms with Crippen LogP contribution in [-0.4, -0.2) is 24.7 Å². The molecule has 3 heterocycles. The Morgan fingerprint density at radius 2 is 2.08 bits per heavy atom. The lowest BCUT2D eigenvalue weighted by atomic mass is 9.94. The molecule has 6 nitrogen and oxygen atoms in total. The Morgan fingerprint density at radius 3 is 2.79 bits per heavy atom. The number of aryl methyl sites for hydroxylation is 1. The first-order valence-corrected chi connectivity index (χ1v) is 8.99. The van der Waals surface area contributed by atoms with Gasteiger partial charge >= 0.3 is 0 Å². The van der Waals surface area contributed by atoms with E-state index in [1.54, 1.807) is 0 Å². The van der Waals surface area contributed by atoms with Gasteiger partial charge in [0.1, 0.15) is 10.0 Å². The lowest BCUT2D eigenvalue weighted by Gasteiger charge is -2.34. The molecule has 0 bridgehead atoms. The van der Waals surface area contributed by atoms with Gasteiger partial charge in [-0.05, 0) is 17.5 Å². The third-order valence-electron chi connectivity index (χ3n) is 4.28. The van der Waals surface area contributed by atoms with E-state index in [1.807, 2.05) is 6.92 Å². The van der Waals surface area contributed by atoms with Crippen molar-refractivity contribution in [2.45, 2.75) is 38.9 Å². The van der Waals surface area contributed by atoms with Crippen molar-refractivity contribution in [1.82, 2.24) is 24.7 Å². The summed E-state index contributed by atoms with van der Waals surface area (Å²) in [5.74, 6) is 1.32. The molecule has 124 valence electrons. The molecule has 0 saturated heterocycles. The van der Waals surface area contributed by atoms with Crippen molar-refractivity contribution in [2.24, 2.45) is 0 Å². The zero-order valence-electron chi connectivity index (χ0n) is 13.1. The standard InChI is InChI=1S/C16H16ClN5OS/c1-2-14-19-20-16(23-14)13-7-10-5-3-4-6-11(10)8-22(13)9-12-15(17)24-21-18-12/h3-6,13H,2,7-9H2,1H3/t13-/m0/s1. The van der Waals surface area contributed by atoms with Crippen LogP contribution in [0.4, 0.5) is 0 Å². The van der Waals surface area contributed by atoms with Crippen LogP contribution in [0.5, 0.6) is 0 Å². The van der Waals surface area contributed by atoms with Gasteiger partial charge in [-0.15, -0.1) is 15.3 Å². The van der Waals surface area contributed by atoms with Gasteiger partial charge in [0.05, 0.1) is 6.04 Å². The number of rotatable bonds is 4. The second kappa shape index (κ2) is 6.58. The van der Waals surface area contributed by atoms with Gasteiger partial charge in [-0.2, -0.15) is 0 Å². The number of fused-ring (bicyclic) bond motifs is 1. The van der Waals surface area contributed by atoms with E-state index in [9.17, 15) is 0 Å². The summed E-state index contributed by atoms with van der Waals surface area (Å²) in [5.41, 5.74) is 3.42. The molecule has 1 aromatic carbocycles. The second-order valence-corrected chi connectivity index (χ2v) is 7.13. The molecule has 3 aromatic rings. The van der Waals surface area contributed by atoms with Gasteiger partial charge in [-0.1, -0.05) is 47.3 Å². The lowest BCUT2D eigenvalue weighted by Crippen LogP contribution is -2.34. The maximum atomic E-state index is 6.19. The van der Waals surface area contributed by atoms with E-state index in [4.69, 9.17) is 16.0 Å². The lowest BCUT2D eigenvalue weighted by molar-refractivity contribution is 0.135. The fourth-order valence-corrected chi connectivity index (χ4v) is 3.63. The Bertz CT molecular complexity index is 848. The predicted octanol–water partition coefficient (Wildman–Crippen LogP) is 3.44. The SMILES string of the molecule is CCc1nnc([C@@H]2Cc3ccccc3CN2Cc2nnsc2Cl)o1. The minimum absolute atomic E-state index is 0.0190. The Kier molecular flexibility index (Phi) is 4.30. The molecule has 0 N–H and O–H groups in total. The van der Waals surface area contributed by atoms with Crippen LogP contribution in [0.1, 0.15) is 41.6 Å². The number of benzene rings is 1. The minimum atomic E-state index is 0.0190. The van der Waals surface area contributed by atoms with Gasteiger partial charge in [-0.3, -0.25) is 4.90 Å². The molecule has 0 spiro atoms. The topological polar surface area (TPSA) is 67.9 Å². The van der Waals surface area contributed by atoms with Crippen molar-refractivity contribution in [3.63, 3.8) is 0 Å². The number of halogens is 1. The van der Waals surface area contributed by atoms with Crippen molar-refractivity contribution >= 4 is 23.1 Å². The molecule has 0 fully saturated rings. The van der Waals surface area contributed by atoms with Crippen LogP contribution < -0.4 is 0 Å². The van der Waals surface area contributed by atoms with E-state index in [0.29, 0.717) is 22.7 Å². The van der Waals surface area contributed by atoms with Gasteiger partial charge in [-0.25, -0.2) is 0 Å². The summed E-state index contributed by atoms with van der Waals surface area (Å²) in [6, 6.07) is 8.47. The van der Waals surface area contributed by atoms with Crippen LogP contribution in [0.2, 0.25) is 4.34 Å². The Balaban J connectivity index is 1.68. The largest absolute Gasteiger partial charge is 0.424 e. The van der Waals surface area contributed by atoms with Gasteiger partial charge in [0.25, 0.3) is 0 Å². The molecule has 2 aromatic heterocycles. The maximum Gasteiger partial charge on any atom is 0.233 e. The summed E-state index contributed by atoms with van der Waals surface area (Å²) in [6.45, 7) is 3.41. The molecule has 1 aliphatic heterocycles. The molecule has 24 heavy (non-hydrogen) atoms. The summed E-state index contributed by atoms with van der Waals surface area (Å²) in [5, 5.41) is 12.5. The van der Waals surface area contributed by atoms with E-state index in [1.165, 1.54) is 22.7 Å². The summed E-state index contributed by atoms with van der Waals surface area (Å²) < 4.78 is 10.4. The van der Waals surface area contributed by atoms with Crippen LogP contribution >= 0.6 is 23.1 Å². The third-order valence-corrected chi connectivity index (χ3v) is 5.26. The van der Waals surface area contributed by atoms with E-state index in [-0.39, 0.29) is 6.04 Å². The van der Waals surface area contributed by atoms with Crippen LogP contribution in [0.3, 0.4) is 0 Å². The number of aromatic nitrogens is 4. The average molecular weight is 362 g/mol. The highest BCUT2D eigenvalue weighted by atomic mass is 35.5. The fourth-order valence-electron chi connectivity index (χ4n) is 3.01. The predicted molar refractivity (Wildman–Crippen MR) is 90.7 cm³/mol. The second-order valence-electron chi connectivity index (χ2n) is 5.77. The van der Waals surface area contributed by atoms with Crippen LogP contribution in [0.15, 0.2) is 28.7 Å². The van der Waals surface area contributed by atoms with Crippen molar-refractivity contribution < 1.29 is 4.42 Å². The Labute approximate surface area is 148 Å². The number of hydrogen-bond donors (Lipinski definition) is 0. The van der Waals surface area contributed by atoms with Crippen LogP contribution in [0.25, 0.3) is 0 Å². The van der Waals surface area contributed by atoms with E-state index < -0.39 is 0 Å². The summed E-state index contributed by atoms with van der Waals surface area (Å²) in [7, 11) is 0. The van der Waals surface area contributed by atoms with Gasteiger partial charge in [0.15, 0.2) is 0 Å². The first kappa shape index (κ1) is 15.7. The Hall–Kier alpha value is -1.83. The quantitative estimate of drug-likeness (QED) is 0.709. The van der Waals surface area contributed by atoms with Crippen LogP contribution in [-0.2, 0) is 25.9 Å². The molecular formula is C16H16ClN5OS. The van der Waals surface area contributed by atoms with E-state index in [0.717, 1.165) is 25.1 Å². The van der Waals surface area contributed by atoms with Gasteiger partial charge in [0.2, 0.25) is 11.8 Å². The van der Waals surface area contributed by atoms with Crippen molar-refractivity contribution in [1.29, 1.82) is 0 Å². The van der Waals surface area contributed by atoms with Crippen molar-refractivity contribution in [2.75, 3.05) is 0 Å². The molecule has 0 unspecified atom stereocenters. The first-order chi connectivity index (χ1) is 11.7. The summed E-state index contributed by atoms with van der Waals surface area (Å²) in [6.07, 6.45) is 1.56. The minimum Gasteiger partial charge on any atom is -0.424 e. The normalized spacial score (nSPS) is 17.8. The molecule has 0 aliphatic carbocycles. The summed E-state index contributed by atoms with van der Waals surface area (Å²) >= 11 is 7.40. The molecule has 4 rings (SSSR count). The zero-order chi connectivity index (χ0) is 16.5. The van der Waals surface area contributed by atoms with E-state index >= 15 is 0 Å². The van der Waals surface area contributed by atoms with Crippen molar-refractivity contribution in [3.05, 3.63) is 57.2 Å². The monoisotopic (exact) mass is 361 g/mol. The Morgan fingerprint density at radius 1 is 1.25 bits per heavy atom. The number of nitrogens with zero attached hydrogens (tertiary/aromatic N) is 5. The highest BCUT2D eigenvalue weighted by Crippen LogP contribution is 2.34. The fraction of sp³-hybridized carbons (Fsp3) is 0.375. The maximum absolute atomic E-state index is 6.19. The molecule has 8 heteroatoms. The number of hydrogen-bond acceptors (Lipinski definition) is 7. The summed E-state index contributed by atoms with van der Waals surface area (Å²) in [4.78, 5) is 2.28. The first-order valence-electron chi connectivity index (χ1n) is 7.84. The highest BCUT2D eigenvalue weighted by Gasteiger charge is 2.32. The molecule has 0 radical (unpaired) electrons. The van der Waals surface area contributed by atoms with Crippen LogP contribution in [0, 0.1) is 0 Å². The molecule has 1 aliphatic rings. The molecule has 0 amide bonds. The smallest absolute Gasteiger partial charge is 0.233 e. The average Bonchev–Trinajstić information content (AvgIpc) is 3.24. The highest BCUT2D eigenvalue weighted by molar-refractivity contribution is 7.10. The van der Waals surface area contributed by atoms with Gasteiger partial charge in [0, 0.05) is 31.0 Å². The third kappa shape index (κ3) is 2.94. The molecule has 1 atom stereocenters. The molecular weight excluding hydrogens is 346 g/mol. The van der Waals surface area contributed by atoms with Gasteiger partial charge < -0.3 is 4.42 Å². The molecule has 0 saturated carbocycles. The zero-order valence-corrected chi connectivity index (χ0v) is 14.7. The van der Waals surface area contributed by atoms with Crippen molar-refractivity contribution in [3.8, 4) is 0 Å². The van der Waals surface area contributed by atoms with E-state index in [2.05, 4.69) is 48.9 Å².